The van der Waals surface area contributed by atoms with Crippen molar-refractivity contribution in [3.8, 4) is 11.5 Å². The fraction of sp³-hybridized carbons (Fsp3) is 0.0769. The molecule has 1 aromatic heterocycles. The van der Waals surface area contributed by atoms with Gasteiger partial charge in [-0.2, -0.15) is 8.42 Å². The molecule has 0 radical (unpaired) electrons. The monoisotopic (exact) mass is 306 g/mol. The largest absolute Gasteiger partial charge is 0.504 e. The molecule has 3 aromatic rings. The third-order valence-corrected chi connectivity index (χ3v) is 4.18. The number of phenolic OH excluding ortho intramolecular Hbond substituents is 2. The van der Waals surface area contributed by atoms with Gasteiger partial charge in [-0.15, -0.1) is 0 Å². The zero-order valence-corrected chi connectivity index (χ0v) is 11.6. The third-order valence-electron chi connectivity index (χ3n) is 3.18. The van der Waals surface area contributed by atoms with Crippen molar-refractivity contribution in [3.63, 3.8) is 0 Å². The molecule has 0 unspecified atom stereocenters. The second-order valence-electron chi connectivity index (χ2n) is 4.58. The van der Waals surface area contributed by atoms with Gasteiger partial charge >= 0.3 is 0 Å². The van der Waals surface area contributed by atoms with E-state index in [1.165, 1.54) is 31.2 Å². The zero-order chi connectivity index (χ0) is 15.4. The van der Waals surface area contributed by atoms with E-state index < -0.39 is 10.1 Å². The summed E-state index contributed by atoms with van der Waals surface area (Å²) in [6.07, 6.45) is 0. The Morgan fingerprint density at radius 3 is 2.10 bits per heavy atom. The molecule has 2 aromatic carbocycles. The normalized spacial score (nSPS) is 12.1. The van der Waals surface area contributed by atoms with Crippen molar-refractivity contribution in [2.45, 2.75) is 11.8 Å². The Morgan fingerprint density at radius 2 is 1.52 bits per heavy atom. The first-order chi connectivity index (χ1) is 9.77. The lowest BCUT2D eigenvalue weighted by molar-refractivity contribution is 0.404. The summed E-state index contributed by atoms with van der Waals surface area (Å²) in [5.41, 5.74) is 1.63. The van der Waals surface area contributed by atoms with Crippen molar-refractivity contribution in [3.05, 3.63) is 29.8 Å². The number of hydrogen-bond acceptors (Lipinski definition) is 6. The summed E-state index contributed by atoms with van der Waals surface area (Å²) in [6.45, 7) is 1.51. The van der Waals surface area contributed by atoms with E-state index >= 15 is 0 Å². The van der Waals surface area contributed by atoms with Gasteiger partial charge in [0.1, 0.15) is 0 Å². The zero-order valence-electron chi connectivity index (χ0n) is 10.8. The summed E-state index contributed by atoms with van der Waals surface area (Å²) >= 11 is 0. The maximum Gasteiger partial charge on any atom is 0.294 e. The molecular formula is C13H10N2O5S. The number of hydrogen-bond donors (Lipinski definition) is 3. The highest BCUT2D eigenvalue weighted by Gasteiger charge is 2.17. The van der Waals surface area contributed by atoms with Crippen LogP contribution in [0.15, 0.2) is 29.2 Å². The van der Waals surface area contributed by atoms with E-state index in [0.717, 1.165) is 0 Å². The Morgan fingerprint density at radius 1 is 0.952 bits per heavy atom. The molecule has 7 nitrogen and oxygen atoms in total. The van der Waals surface area contributed by atoms with Crippen molar-refractivity contribution in [1.29, 1.82) is 0 Å². The molecule has 0 fully saturated rings. The predicted octanol–water partition coefficient (Wildman–Crippen LogP) is 1.75. The Hall–Kier alpha value is -2.45. The van der Waals surface area contributed by atoms with Crippen LogP contribution in [0.5, 0.6) is 11.5 Å². The number of rotatable bonds is 1. The van der Waals surface area contributed by atoms with Gasteiger partial charge in [-0.1, -0.05) is 0 Å². The Balaban J connectivity index is 2.44. The van der Waals surface area contributed by atoms with Gasteiger partial charge in [-0.25, -0.2) is 9.97 Å². The van der Waals surface area contributed by atoms with Gasteiger partial charge in [0.15, 0.2) is 11.5 Å². The molecule has 3 N–H and O–H groups in total. The van der Waals surface area contributed by atoms with Crippen LogP contribution in [0.2, 0.25) is 0 Å². The van der Waals surface area contributed by atoms with E-state index in [0.29, 0.717) is 22.1 Å². The Bertz CT molecular complexity index is 999. The fourth-order valence-electron chi connectivity index (χ4n) is 2.16. The van der Waals surface area contributed by atoms with E-state index in [1.54, 1.807) is 0 Å². The highest BCUT2D eigenvalue weighted by Crippen LogP contribution is 2.31. The molecule has 0 aliphatic carbocycles. The van der Waals surface area contributed by atoms with Gasteiger partial charge < -0.3 is 10.2 Å². The Kier molecular flexibility index (Phi) is 2.75. The predicted molar refractivity (Wildman–Crippen MR) is 74.9 cm³/mol. The SMILES string of the molecule is Cc1c(S(=O)(=O)O)ccc2nc3cc(O)c(O)cc3nc12. The number of fused-ring (bicyclic) bond motifs is 2. The van der Waals surface area contributed by atoms with Crippen LogP contribution in [0.25, 0.3) is 22.1 Å². The van der Waals surface area contributed by atoms with Gasteiger partial charge in [-0.3, -0.25) is 4.55 Å². The number of phenols is 2. The molecule has 0 saturated heterocycles. The average Bonchev–Trinajstić information content (AvgIpc) is 2.37. The quantitative estimate of drug-likeness (QED) is 0.356. The first-order valence-electron chi connectivity index (χ1n) is 5.88. The van der Waals surface area contributed by atoms with Crippen LogP contribution in [-0.2, 0) is 10.1 Å². The van der Waals surface area contributed by atoms with Crippen molar-refractivity contribution in [1.82, 2.24) is 9.97 Å². The smallest absolute Gasteiger partial charge is 0.294 e. The highest BCUT2D eigenvalue weighted by molar-refractivity contribution is 7.85. The minimum Gasteiger partial charge on any atom is -0.504 e. The number of benzene rings is 2. The number of aromatic hydroxyl groups is 2. The van der Waals surface area contributed by atoms with Crippen LogP contribution in [0.1, 0.15) is 5.56 Å². The van der Waals surface area contributed by atoms with Crippen molar-refractivity contribution >= 4 is 32.2 Å². The second-order valence-corrected chi connectivity index (χ2v) is 5.97. The molecule has 0 aliphatic heterocycles. The molecule has 0 amide bonds. The number of nitrogens with zero attached hydrogens (tertiary/aromatic N) is 2. The van der Waals surface area contributed by atoms with Crippen molar-refractivity contribution < 1.29 is 23.2 Å². The summed E-state index contributed by atoms with van der Waals surface area (Å²) in [5.74, 6) is -0.665. The first kappa shape index (κ1) is 13.5. The average molecular weight is 306 g/mol. The van der Waals surface area contributed by atoms with E-state index in [2.05, 4.69) is 9.97 Å². The lowest BCUT2D eigenvalue weighted by Crippen LogP contribution is -2.02. The summed E-state index contributed by atoms with van der Waals surface area (Å²) in [6, 6.07) is 5.16. The summed E-state index contributed by atoms with van der Waals surface area (Å²) < 4.78 is 31.8. The van der Waals surface area contributed by atoms with Gasteiger partial charge in [-0.05, 0) is 24.6 Å². The molecule has 0 saturated carbocycles. The van der Waals surface area contributed by atoms with Crippen LogP contribution in [0.3, 0.4) is 0 Å². The fourth-order valence-corrected chi connectivity index (χ4v) is 2.89. The van der Waals surface area contributed by atoms with Gasteiger partial charge in [0.05, 0.1) is 27.0 Å². The van der Waals surface area contributed by atoms with Gasteiger partial charge in [0.25, 0.3) is 10.1 Å². The summed E-state index contributed by atoms with van der Waals surface area (Å²) in [5, 5.41) is 19.0. The molecular weight excluding hydrogens is 296 g/mol. The first-order valence-corrected chi connectivity index (χ1v) is 7.32. The molecule has 108 valence electrons. The molecule has 0 bridgehead atoms. The van der Waals surface area contributed by atoms with E-state index in [1.807, 2.05) is 0 Å². The topological polar surface area (TPSA) is 121 Å². The minimum atomic E-state index is -4.35. The van der Waals surface area contributed by atoms with Crippen molar-refractivity contribution in [2.75, 3.05) is 0 Å². The molecule has 0 spiro atoms. The lowest BCUT2D eigenvalue weighted by atomic mass is 10.1. The number of aromatic nitrogens is 2. The summed E-state index contributed by atoms with van der Waals surface area (Å²) in [7, 11) is -4.35. The number of aryl methyl sites for hydroxylation is 1. The van der Waals surface area contributed by atoms with Crippen molar-refractivity contribution in [2.24, 2.45) is 0 Å². The maximum absolute atomic E-state index is 11.3. The molecule has 0 atom stereocenters. The Labute approximate surface area is 119 Å². The minimum absolute atomic E-state index is 0.244. The van der Waals surface area contributed by atoms with E-state index in [9.17, 15) is 23.2 Å². The maximum atomic E-state index is 11.3. The van der Waals surface area contributed by atoms with Crippen LogP contribution < -0.4 is 0 Å². The summed E-state index contributed by atoms with van der Waals surface area (Å²) in [4.78, 5) is 8.25. The second kappa shape index (κ2) is 4.27. The van der Waals surface area contributed by atoms with Crippen LogP contribution in [0, 0.1) is 6.92 Å². The molecule has 21 heavy (non-hydrogen) atoms. The highest BCUT2D eigenvalue weighted by atomic mass is 32.2. The van der Waals surface area contributed by atoms with E-state index in [-0.39, 0.29) is 22.0 Å². The van der Waals surface area contributed by atoms with Crippen LogP contribution in [-0.4, -0.2) is 33.2 Å². The molecule has 1 heterocycles. The van der Waals surface area contributed by atoms with Crippen LogP contribution >= 0.6 is 0 Å². The molecule has 0 aliphatic rings. The molecule has 8 heteroatoms. The molecule has 3 rings (SSSR count). The van der Waals surface area contributed by atoms with Gasteiger partial charge in [0.2, 0.25) is 0 Å². The third kappa shape index (κ3) is 2.14. The standard InChI is InChI=1S/C13H10N2O5S/c1-6-12(21(18,19)20)3-2-7-13(6)15-9-5-11(17)10(16)4-8(9)14-7/h2-5,16-17H,1H3,(H,18,19,20). The lowest BCUT2D eigenvalue weighted by Gasteiger charge is -2.08. The van der Waals surface area contributed by atoms with E-state index in [4.69, 9.17) is 0 Å². The van der Waals surface area contributed by atoms with Gasteiger partial charge in [0, 0.05) is 12.1 Å². The van der Waals surface area contributed by atoms with Crippen LogP contribution in [0.4, 0.5) is 0 Å².